The fraction of sp³-hybridized carbons (Fsp3) is 0.389. The van der Waals surface area contributed by atoms with Crippen molar-refractivity contribution < 1.29 is 4.79 Å². The maximum atomic E-state index is 12.2. The zero-order valence-electron chi connectivity index (χ0n) is 14.9. The van der Waals surface area contributed by atoms with E-state index in [2.05, 4.69) is 15.3 Å². The number of amides is 1. The number of hydrogen-bond donors (Lipinski definition) is 1. The van der Waals surface area contributed by atoms with Crippen molar-refractivity contribution in [2.24, 2.45) is 0 Å². The van der Waals surface area contributed by atoms with E-state index in [4.69, 9.17) is 11.6 Å². The number of benzene rings is 1. The number of thioether (sulfide) groups is 1. The Balaban J connectivity index is 2.06. The molecule has 1 N–H and O–H groups in total. The van der Waals surface area contributed by atoms with Crippen LogP contribution >= 0.6 is 23.4 Å². The van der Waals surface area contributed by atoms with E-state index < -0.39 is 0 Å². The summed E-state index contributed by atoms with van der Waals surface area (Å²) in [5.74, 6) is 1.39. The van der Waals surface area contributed by atoms with Crippen molar-refractivity contribution in [2.45, 2.75) is 37.2 Å². The molecule has 0 saturated carbocycles. The van der Waals surface area contributed by atoms with E-state index in [1.165, 1.54) is 11.8 Å². The SMILES string of the molecule is CCC(C)NC(=O)c1cccc(CSc2nc(Cl)cc(N(C)C)n2)c1. The monoisotopic (exact) mass is 378 g/mol. The van der Waals surface area contributed by atoms with Gasteiger partial charge in [0.2, 0.25) is 0 Å². The standard InChI is InChI=1S/C18H23ClN4OS/c1-5-12(2)20-17(24)14-8-6-7-13(9-14)11-25-18-21-15(19)10-16(22-18)23(3)4/h6-10,12H,5,11H2,1-4H3,(H,20,24). The predicted octanol–water partition coefficient (Wildman–Crippen LogP) is 4.02. The Morgan fingerprint density at radius 2 is 2.08 bits per heavy atom. The summed E-state index contributed by atoms with van der Waals surface area (Å²) in [6.45, 7) is 4.04. The molecule has 1 heterocycles. The van der Waals surface area contributed by atoms with Gasteiger partial charge < -0.3 is 10.2 Å². The number of aromatic nitrogens is 2. The highest BCUT2D eigenvalue weighted by Gasteiger charge is 2.10. The van der Waals surface area contributed by atoms with Crippen LogP contribution in [0.1, 0.15) is 36.2 Å². The predicted molar refractivity (Wildman–Crippen MR) is 105 cm³/mol. The minimum absolute atomic E-state index is 0.0462. The lowest BCUT2D eigenvalue weighted by Crippen LogP contribution is -2.31. The van der Waals surface area contributed by atoms with Gasteiger partial charge >= 0.3 is 0 Å². The molecule has 1 unspecified atom stereocenters. The number of halogens is 1. The van der Waals surface area contributed by atoms with Gasteiger partial charge in [-0.2, -0.15) is 0 Å². The van der Waals surface area contributed by atoms with E-state index in [-0.39, 0.29) is 11.9 Å². The quantitative estimate of drug-likeness (QED) is 0.448. The summed E-state index contributed by atoms with van der Waals surface area (Å²) in [5.41, 5.74) is 1.70. The highest BCUT2D eigenvalue weighted by molar-refractivity contribution is 7.98. The second kappa shape index (κ2) is 9.06. The summed E-state index contributed by atoms with van der Waals surface area (Å²) < 4.78 is 0. The number of hydrogen-bond acceptors (Lipinski definition) is 5. The van der Waals surface area contributed by atoms with E-state index in [1.807, 2.05) is 57.1 Å². The van der Waals surface area contributed by atoms with Gasteiger partial charge in [-0.25, -0.2) is 9.97 Å². The van der Waals surface area contributed by atoms with E-state index >= 15 is 0 Å². The average molecular weight is 379 g/mol. The summed E-state index contributed by atoms with van der Waals surface area (Å²) >= 11 is 7.55. The van der Waals surface area contributed by atoms with Crippen LogP contribution in [0.5, 0.6) is 0 Å². The van der Waals surface area contributed by atoms with Crippen LogP contribution in [-0.2, 0) is 5.75 Å². The Bertz CT molecular complexity index is 739. The van der Waals surface area contributed by atoms with E-state index in [0.717, 1.165) is 17.8 Å². The molecular formula is C18H23ClN4OS. The van der Waals surface area contributed by atoms with Crippen LogP contribution in [0.2, 0.25) is 5.15 Å². The van der Waals surface area contributed by atoms with Gasteiger partial charge in [0.05, 0.1) is 0 Å². The fourth-order valence-electron chi connectivity index (χ4n) is 2.04. The van der Waals surface area contributed by atoms with E-state index in [1.54, 1.807) is 6.07 Å². The smallest absolute Gasteiger partial charge is 0.251 e. The Morgan fingerprint density at radius 3 is 2.76 bits per heavy atom. The number of carbonyl (C=O) groups is 1. The van der Waals surface area contributed by atoms with Gasteiger partial charge in [-0.3, -0.25) is 4.79 Å². The number of rotatable bonds is 7. The molecule has 2 rings (SSSR count). The van der Waals surface area contributed by atoms with Crippen LogP contribution in [0.25, 0.3) is 0 Å². The zero-order valence-corrected chi connectivity index (χ0v) is 16.5. The summed E-state index contributed by atoms with van der Waals surface area (Å²) in [7, 11) is 3.82. The van der Waals surface area contributed by atoms with Gasteiger partial charge in [-0.05, 0) is 31.0 Å². The topological polar surface area (TPSA) is 58.1 Å². The molecule has 0 aliphatic carbocycles. The van der Waals surface area contributed by atoms with Crippen LogP contribution in [0.3, 0.4) is 0 Å². The summed E-state index contributed by atoms with van der Waals surface area (Å²) in [4.78, 5) is 22.8. The van der Waals surface area contributed by atoms with Crippen molar-refractivity contribution in [2.75, 3.05) is 19.0 Å². The molecule has 1 amide bonds. The van der Waals surface area contributed by atoms with Crippen molar-refractivity contribution in [3.63, 3.8) is 0 Å². The van der Waals surface area contributed by atoms with Crippen LogP contribution in [0.4, 0.5) is 5.82 Å². The van der Waals surface area contributed by atoms with Gasteiger partial charge in [0.25, 0.3) is 5.91 Å². The second-order valence-corrected chi connectivity index (χ2v) is 7.33. The lowest BCUT2D eigenvalue weighted by atomic mass is 10.1. The maximum absolute atomic E-state index is 12.2. The molecular weight excluding hydrogens is 356 g/mol. The van der Waals surface area contributed by atoms with Gasteiger partial charge in [-0.1, -0.05) is 42.4 Å². The molecule has 1 aromatic heterocycles. The minimum atomic E-state index is -0.0462. The molecule has 0 aliphatic heterocycles. The Hall–Kier alpha value is -1.79. The lowest BCUT2D eigenvalue weighted by molar-refractivity contribution is 0.0939. The van der Waals surface area contributed by atoms with Crippen molar-refractivity contribution in [3.8, 4) is 0 Å². The van der Waals surface area contributed by atoms with Crippen LogP contribution < -0.4 is 10.2 Å². The molecule has 0 spiro atoms. The first-order valence-electron chi connectivity index (χ1n) is 8.13. The third-order valence-electron chi connectivity index (χ3n) is 3.67. The lowest BCUT2D eigenvalue weighted by Gasteiger charge is -2.13. The van der Waals surface area contributed by atoms with Crippen LogP contribution in [-0.4, -0.2) is 36.0 Å². The zero-order chi connectivity index (χ0) is 18.4. The van der Waals surface area contributed by atoms with Crippen LogP contribution in [0, 0.1) is 0 Å². The molecule has 1 atom stereocenters. The Kier molecular flexibility index (Phi) is 7.08. The molecule has 0 fully saturated rings. The van der Waals surface area contributed by atoms with E-state index in [9.17, 15) is 4.79 Å². The number of nitrogens with zero attached hydrogens (tertiary/aromatic N) is 3. The van der Waals surface area contributed by atoms with Crippen molar-refractivity contribution in [1.82, 2.24) is 15.3 Å². The summed E-state index contributed by atoms with van der Waals surface area (Å²) in [5, 5.41) is 4.02. The van der Waals surface area contributed by atoms with Gasteiger partial charge in [0, 0.05) is 37.5 Å². The molecule has 7 heteroatoms. The van der Waals surface area contributed by atoms with Crippen LogP contribution in [0.15, 0.2) is 35.5 Å². The van der Waals surface area contributed by atoms with Gasteiger partial charge in [0.1, 0.15) is 11.0 Å². The van der Waals surface area contributed by atoms with Crippen molar-refractivity contribution in [1.29, 1.82) is 0 Å². The molecule has 0 bridgehead atoms. The third-order valence-corrected chi connectivity index (χ3v) is 4.78. The molecule has 25 heavy (non-hydrogen) atoms. The molecule has 2 aromatic rings. The summed E-state index contributed by atoms with van der Waals surface area (Å²) in [6.07, 6.45) is 0.904. The largest absolute Gasteiger partial charge is 0.363 e. The summed E-state index contributed by atoms with van der Waals surface area (Å²) in [6, 6.07) is 9.50. The second-order valence-electron chi connectivity index (χ2n) is 6.00. The molecule has 0 saturated heterocycles. The van der Waals surface area contributed by atoms with Crippen molar-refractivity contribution >= 4 is 35.1 Å². The normalized spacial score (nSPS) is 11.9. The number of anilines is 1. The molecule has 0 aliphatic rings. The number of carbonyl (C=O) groups excluding carboxylic acids is 1. The maximum Gasteiger partial charge on any atom is 0.251 e. The Morgan fingerprint density at radius 1 is 1.32 bits per heavy atom. The van der Waals surface area contributed by atoms with Gasteiger partial charge in [-0.15, -0.1) is 0 Å². The number of nitrogens with one attached hydrogen (secondary N) is 1. The first kappa shape index (κ1) is 19.5. The minimum Gasteiger partial charge on any atom is -0.363 e. The average Bonchev–Trinajstić information content (AvgIpc) is 2.59. The molecule has 1 aromatic carbocycles. The first-order valence-corrected chi connectivity index (χ1v) is 9.50. The molecule has 5 nitrogen and oxygen atoms in total. The van der Waals surface area contributed by atoms with Gasteiger partial charge in [0.15, 0.2) is 5.16 Å². The third kappa shape index (κ3) is 5.90. The first-order chi connectivity index (χ1) is 11.9. The van der Waals surface area contributed by atoms with Crippen molar-refractivity contribution in [3.05, 3.63) is 46.6 Å². The highest BCUT2D eigenvalue weighted by Crippen LogP contribution is 2.24. The molecule has 134 valence electrons. The van der Waals surface area contributed by atoms with E-state index in [0.29, 0.717) is 21.6 Å². The Labute approximate surface area is 158 Å². The highest BCUT2D eigenvalue weighted by atomic mass is 35.5. The molecule has 0 radical (unpaired) electrons. The fourth-order valence-corrected chi connectivity index (χ4v) is 3.06.